The van der Waals surface area contributed by atoms with E-state index in [4.69, 9.17) is 9.47 Å². The zero-order valence-electron chi connectivity index (χ0n) is 17.6. The van der Waals surface area contributed by atoms with E-state index in [1.165, 1.54) is 6.20 Å². The summed E-state index contributed by atoms with van der Waals surface area (Å²) in [5.74, 6) is -1.49. The van der Waals surface area contributed by atoms with Crippen molar-refractivity contribution in [1.29, 1.82) is 0 Å². The van der Waals surface area contributed by atoms with Crippen LogP contribution in [0.2, 0.25) is 0 Å². The number of carbonyl (C=O) groups excluding carboxylic acids is 1. The smallest absolute Gasteiger partial charge is 0.330 e. The first-order chi connectivity index (χ1) is 16.0. The fourth-order valence-corrected chi connectivity index (χ4v) is 4.03. The Balaban J connectivity index is 1.59. The van der Waals surface area contributed by atoms with Crippen LogP contribution in [0.25, 0.3) is 0 Å². The first-order valence-corrected chi connectivity index (χ1v) is 10.5. The van der Waals surface area contributed by atoms with Crippen molar-refractivity contribution >= 4 is 5.97 Å². The molecule has 9 nitrogen and oxygen atoms in total. The summed E-state index contributed by atoms with van der Waals surface area (Å²) >= 11 is 0. The minimum Gasteiger partial charge on any atom is -0.453 e. The molecule has 0 spiro atoms. The highest BCUT2D eigenvalue weighted by Gasteiger charge is 2.46. The summed E-state index contributed by atoms with van der Waals surface area (Å²) in [6, 6.07) is 19.6. The van der Waals surface area contributed by atoms with Crippen LogP contribution in [0, 0.1) is 5.92 Å². The number of carbonyl (C=O) groups is 1. The second kappa shape index (κ2) is 9.95. The van der Waals surface area contributed by atoms with Gasteiger partial charge in [0.05, 0.1) is 19.1 Å². The zero-order valence-corrected chi connectivity index (χ0v) is 17.6. The van der Waals surface area contributed by atoms with Gasteiger partial charge in [0.1, 0.15) is 12.3 Å². The minimum absolute atomic E-state index is 0.274. The molecule has 0 bridgehead atoms. The predicted molar refractivity (Wildman–Crippen MR) is 117 cm³/mol. The molecule has 33 heavy (non-hydrogen) atoms. The predicted octanol–water partition coefficient (Wildman–Crippen LogP) is 1.13. The first kappa shape index (κ1) is 22.7. The highest BCUT2D eigenvalue weighted by atomic mass is 16.6. The van der Waals surface area contributed by atoms with E-state index in [2.05, 4.69) is 4.98 Å². The van der Waals surface area contributed by atoms with Gasteiger partial charge in [-0.15, -0.1) is 0 Å². The normalized spacial score (nSPS) is 22.4. The summed E-state index contributed by atoms with van der Waals surface area (Å²) in [5.41, 5.74) is 0.227. The average Bonchev–Trinajstić information content (AvgIpc) is 3.13. The Labute approximate surface area is 188 Å². The van der Waals surface area contributed by atoms with Crippen LogP contribution in [-0.4, -0.2) is 44.5 Å². The van der Waals surface area contributed by atoms with Crippen LogP contribution < -0.4 is 11.2 Å². The monoisotopic (exact) mass is 452 g/mol. The number of rotatable bonds is 7. The van der Waals surface area contributed by atoms with E-state index < -0.39 is 54.3 Å². The molecule has 0 amide bonds. The summed E-state index contributed by atoms with van der Waals surface area (Å²) in [5, 5.41) is 20.2. The number of aliphatic hydroxyl groups is 2. The lowest BCUT2D eigenvalue weighted by Gasteiger charge is -2.23. The van der Waals surface area contributed by atoms with Gasteiger partial charge in [-0.25, -0.2) is 4.79 Å². The average molecular weight is 452 g/mol. The van der Waals surface area contributed by atoms with Gasteiger partial charge in [-0.1, -0.05) is 60.7 Å². The molecule has 3 N–H and O–H groups in total. The quantitative estimate of drug-likeness (QED) is 0.458. The molecule has 1 aliphatic heterocycles. The van der Waals surface area contributed by atoms with E-state index in [1.54, 1.807) is 0 Å². The molecular weight excluding hydrogens is 428 g/mol. The van der Waals surface area contributed by atoms with Crippen LogP contribution in [0.4, 0.5) is 0 Å². The molecule has 3 aromatic rings. The van der Waals surface area contributed by atoms with E-state index in [0.29, 0.717) is 0 Å². The molecule has 1 aliphatic rings. The molecule has 9 heteroatoms. The standard InChI is InChI=1S/C24H24N2O7/c27-14-18-21(30)17(23(32-18)26-12-11-19(28)25-24(26)31)13-20(29)33-22(15-7-3-1-4-8-15)16-9-5-2-6-10-16/h1-12,17-18,21-23,27,30H,13-14H2,(H,25,28,31)/t17-,18-,21+,23-/m1/s1. The summed E-state index contributed by atoms with van der Waals surface area (Å²) in [7, 11) is 0. The van der Waals surface area contributed by atoms with Crippen molar-refractivity contribution in [2.45, 2.75) is 31.0 Å². The third kappa shape index (κ3) is 4.95. The van der Waals surface area contributed by atoms with Crippen molar-refractivity contribution < 1.29 is 24.5 Å². The largest absolute Gasteiger partial charge is 0.453 e. The van der Waals surface area contributed by atoms with Crippen LogP contribution in [0.3, 0.4) is 0 Å². The molecule has 4 rings (SSSR count). The molecule has 0 radical (unpaired) electrons. The maximum Gasteiger partial charge on any atom is 0.330 e. The van der Waals surface area contributed by atoms with Crippen molar-refractivity contribution in [2.24, 2.45) is 5.92 Å². The summed E-state index contributed by atoms with van der Waals surface area (Å²) in [4.78, 5) is 38.8. The lowest BCUT2D eigenvalue weighted by molar-refractivity contribution is -0.150. The van der Waals surface area contributed by atoms with Crippen molar-refractivity contribution in [3.05, 3.63) is 105 Å². The highest BCUT2D eigenvalue weighted by molar-refractivity contribution is 5.70. The molecule has 2 aromatic carbocycles. The van der Waals surface area contributed by atoms with Crippen LogP contribution >= 0.6 is 0 Å². The van der Waals surface area contributed by atoms with Crippen LogP contribution in [-0.2, 0) is 14.3 Å². The number of ether oxygens (including phenoxy) is 2. The molecule has 172 valence electrons. The Kier molecular flexibility index (Phi) is 6.83. The van der Waals surface area contributed by atoms with Crippen molar-refractivity contribution in [2.75, 3.05) is 6.61 Å². The number of aromatic nitrogens is 2. The number of hydrogen-bond acceptors (Lipinski definition) is 7. The minimum atomic E-state index is -1.22. The molecular formula is C24H24N2O7. The molecule has 4 atom stereocenters. The maximum absolute atomic E-state index is 13.0. The molecule has 2 heterocycles. The number of esters is 1. The van der Waals surface area contributed by atoms with Gasteiger partial charge in [-0.2, -0.15) is 0 Å². The van der Waals surface area contributed by atoms with Crippen LogP contribution in [0.1, 0.15) is 29.9 Å². The van der Waals surface area contributed by atoms with Gasteiger partial charge in [0.15, 0.2) is 6.10 Å². The second-order valence-electron chi connectivity index (χ2n) is 7.81. The SMILES string of the molecule is O=C(C[C@@H]1[C@H](O)[C@@H](CO)O[C@H]1n1ccc(=O)[nH]c1=O)OC(c1ccccc1)c1ccccc1. The molecule has 0 saturated carbocycles. The lowest BCUT2D eigenvalue weighted by atomic mass is 9.95. The Bertz CT molecular complexity index is 1150. The molecule has 0 aliphatic carbocycles. The van der Waals surface area contributed by atoms with Gasteiger partial charge in [-0.3, -0.25) is 19.1 Å². The fraction of sp³-hybridized carbons (Fsp3) is 0.292. The van der Waals surface area contributed by atoms with E-state index in [9.17, 15) is 24.6 Å². The van der Waals surface area contributed by atoms with Gasteiger partial charge >= 0.3 is 11.7 Å². The van der Waals surface area contributed by atoms with E-state index in [0.717, 1.165) is 21.8 Å². The molecule has 1 saturated heterocycles. The van der Waals surface area contributed by atoms with Gasteiger partial charge < -0.3 is 19.7 Å². The third-order valence-corrected chi connectivity index (χ3v) is 5.66. The zero-order chi connectivity index (χ0) is 23.4. The summed E-state index contributed by atoms with van der Waals surface area (Å²) in [6.07, 6.45) is -3.00. The molecule has 1 aromatic heterocycles. The maximum atomic E-state index is 13.0. The molecule has 0 unspecified atom stereocenters. The van der Waals surface area contributed by atoms with E-state index in [1.807, 2.05) is 60.7 Å². The van der Waals surface area contributed by atoms with Crippen molar-refractivity contribution in [1.82, 2.24) is 9.55 Å². The van der Waals surface area contributed by atoms with E-state index >= 15 is 0 Å². The number of nitrogens with one attached hydrogen (secondary N) is 1. The van der Waals surface area contributed by atoms with Crippen LogP contribution in [0.15, 0.2) is 82.5 Å². The Morgan fingerprint density at radius 1 is 1.03 bits per heavy atom. The topological polar surface area (TPSA) is 131 Å². The highest BCUT2D eigenvalue weighted by Crippen LogP contribution is 2.37. The number of benzene rings is 2. The summed E-state index contributed by atoms with van der Waals surface area (Å²) < 4.78 is 12.6. The Hall–Kier alpha value is -3.53. The number of aromatic amines is 1. The van der Waals surface area contributed by atoms with Gasteiger partial charge in [-0.05, 0) is 11.1 Å². The van der Waals surface area contributed by atoms with Gasteiger partial charge in [0, 0.05) is 18.2 Å². The molecule has 1 fully saturated rings. The first-order valence-electron chi connectivity index (χ1n) is 10.5. The van der Waals surface area contributed by atoms with Gasteiger partial charge in [0.2, 0.25) is 0 Å². The number of hydrogen-bond donors (Lipinski definition) is 3. The lowest BCUT2D eigenvalue weighted by Crippen LogP contribution is -2.36. The number of aliphatic hydroxyl groups excluding tert-OH is 2. The number of H-pyrrole nitrogens is 1. The number of nitrogens with zero attached hydrogens (tertiary/aromatic N) is 1. The third-order valence-electron chi connectivity index (χ3n) is 5.66. The van der Waals surface area contributed by atoms with Gasteiger partial charge in [0.25, 0.3) is 5.56 Å². The van der Waals surface area contributed by atoms with Crippen LogP contribution in [0.5, 0.6) is 0 Å². The Morgan fingerprint density at radius 2 is 1.64 bits per heavy atom. The van der Waals surface area contributed by atoms with Crippen molar-refractivity contribution in [3.63, 3.8) is 0 Å². The van der Waals surface area contributed by atoms with E-state index in [-0.39, 0.29) is 6.42 Å². The summed E-state index contributed by atoms with van der Waals surface area (Å²) in [6.45, 7) is -0.502. The fourth-order valence-electron chi connectivity index (χ4n) is 4.03. The second-order valence-corrected chi connectivity index (χ2v) is 7.81. The Morgan fingerprint density at radius 3 is 2.18 bits per heavy atom. The van der Waals surface area contributed by atoms with Crippen molar-refractivity contribution in [3.8, 4) is 0 Å².